The number of nitrogens with one attached hydrogen (secondary N) is 1. The molecule has 0 aliphatic rings. The number of hydrogen-bond acceptors (Lipinski definition) is 6. The Morgan fingerprint density at radius 3 is 2.76 bits per heavy atom. The van der Waals surface area contributed by atoms with Gasteiger partial charge in [-0.3, -0.25) is 9.78 Å². The summed E-state index contributed by atoms with van der Waals surface area (Å²) in [5.74, 6) is -0.777. The van der Waals surface area contributed by atoms with Crippen molar-refractivity contribution in [1.29, 1.82) is 0 Å². The van der Waals surface area contributed by atoms with Crippen molar-refractivity contribution in [3.8, 4) is 0 Å². The van der Waals surface area contributed by atoms with E-state index in [0.29, 0.717) is 17.1 Å². The molecule has 10 heteroatoms. The van der Waals surface area contributed by atoms with Crippen LogP contribution in [0.2, 0.25) is 0 Å². The highest BCUT2D eigenvalue weighted by Crippen LogP contribution is 2.22. The minimum Gasteiger partial charge on any atom is -0.301 e. The Bertz CT molecular complexity index is 1120. The monoisotopic (exact) mass is 434 g/mol. The van der Waals surface area contributed by atoms with Gasteiger partial charge in [0.15, 0.2) is 5.13 Å². The van der Waals surface area contributed by atoms with Crippen molar-refractivity contribution in [3.05, 3.63) is 70.7 Å². The van der Waals surface area contributed by atoms with Crippen molar-refractivity contribution in [2.75, 3.05) is 18.9 Å². The Morgan fingerprint density at radius 2 is 2.07 bits per heavy atom. The average molecular weight is 435 g/mol. The zero-order chi connectivity index (χ0) is 21.0. The molecule has 29 heavy (non-hydrogen) atoms. The standard InChI is InChI=1S/C19H19FN4O3S2/c1-13-5-6-14(9-17(13)20)8-15-10-22-19(28-15)23-18(25)12-24(2)29(26,27)16-4-3-7-21-11-16/h3-7,9-11H,8,12H2,1-2H3,(H,22,23,25). The number of nitrogens with zero attached hydrogens (tertiary/aromatic N) is 3. The lowest BCUT2D eigenvalue weighted by molar-refractivity contribution is -0.116. The number of carbonyl (C=O) groups excluding carboxylic acids is 1. The average Bonchev–Trinajstić information content (AvgIpc) is 3.12. The third kappa shape index (κ3) is 5.22. The fourth-order valence-electron chi connectivity index (χ4n) is 2.52. The number of aryl methyl sites for hydroxylation is 1. The summed E-state index contributed by atoms with van der Waals surface area (Å²) in [7, 11) is -2.49. The molecule has 0 atom stereocenters. The molecule has 2 heterocycles. The number of anilines is 1. The highest BCUT2D eigenvalue weighted by molar-refractivity contribution is 7.89. The van der Waals surface area contributed by atoms with Crippen LogP contribution in [0.5, 0.6) is 0 Å². The van der Waals surface area contributed by atoms with Crippen LogP contribution < -0.4 is 5.32 Å². The summed E-state index contributed by atoms with van der Waals surface area (Å²) in [6, 6.07) is 7.96. The zero-order valence-corrected chi connectivity index (χ0v) is 17.4. The Balaban J connectivity index is 1.60. The van der Waals surface area contributed by atoms with Gasteiger partial charge in [-0.25, -0.2) is 17.8 Å². The van der Waals surface area contributed by atoms with E-state index in [4.69, 9.17) is 0 Å². The number of pyridine rings is 1. The smallest absolute Gasteiger partial charge is 0.244 e. The predicted molar refractivity (Wildman–Crippen MR) is 109 cm³/mol. The van der Waals surface area contributed by atoms with Crippen LogP contribution >= 0.6 is 11.3 Å². The minimum atomic E-state index is -3.81. The fourth-order valence-corrected chi connectivity index (χ4v) is 4.47. The molecule has 0 saturated carbocycles. The van der Waals surface area contributed by atoms with Crippen LogP contribution in [-0.4, -0.2) is 42.2 Å². The van der Waals surface area contributed by atoms with Crippen LogP contribution in [-0.2, 0) is 21.2 Å². The lowest BCUT2D eigenvalue weighted by Gasteiger charge is -2.16. The second-order valence-electron chi connectivity index (χ2n) is 6.39. The Labute approximate surface area is 172 Å². The number of carbonyl (C=O) groups is 1. The highest BCUT2D eigenvalue weighted by Gasteiger charge is 2.23. The number of aromatic nitrogens is 2. The summed E-state index contributed by atoms with van der Waals surface area (Å²) in [5.41, 5.74) is 1.38. The van der Waals surface area contributed by atoms with E-state index in [9.17, 15) is 17.6 Å². The van der Waals surface area contributed by atoms with Crippen LogP contribution in [0.1, 0.15) is 16.0 Å². The molecule has 3 aromatic rings. The van der Waals surface area contributed by atoms with E-state index in [2.05, 4.69) is 15.3 Å². The van der Waals surface area contributed by atoms with Crippen molar-refractivity contribution in [2.24, 2.45) is 0 Å². The van der Waals surface area contributed by atoms with Gasteiger partial charge in [0.2, 0.25) is 15.9 Å². The Morgan fingerprint density at radius 1 is 1.28 bits per heavy atom. The molecule has 1 aromatic carbocycles. The van der Waals surface area contributed by atoms with E-state index in [1.807, 2.05) is 6.07 Å². The molecule has 0 radical (unpaired) electrons. The van der Waals surface area contributed by atoms with Gasteiger partial charge in [0.05, 0.1) is 6.54 Å². The molecule has 0 spiro atoms. The topological polar surface area (TPSA) is 92.3 Å². The molecular weight excluding hydrogens is 415 g/mol. The number of amides is 1. The number of benzene rings is 1. The predicted octanol–water partition coefficient (Wildman–Crippen LogP) is 2.84. The van der Waals surface area contributed by atoms with Crippen LogP contribution in [0.3, 0.4) is 0 Å². The summed E-state index contributed by atoms with van der Waals surface area (Å²) in [5, 5.41) is 2.95. The first-order valence-electron chi connectivity index (χ1n) is 8.61. The molecule has 1 amide bonds. The van der Waals surface area contributed by atoms with Gasteiger partial charge in [-0.2, -0.15) is 4.31 Å². The maximum Gasteiger partial charge on any atom is 0.244 e. The Kier molecular flexibility index (Phi) is 6.36. The number of sulfonamides is 1. The molecule has 3 rings (SSSR count). The summed E-state index contributed by atoms with van der Waals surface area (Å²) in [6.07, 6.45) is 4.79. The van der Waals surface area contributed by atoms with E-state index < -0.39 is 15.9 Å². The number of likely N-dealkylation sites (N-methyl/N-ethyl adjacent to an activating group) is 1. The van der Waals surface area contributed by atoms with Gasteiger partial charge in [-0.05, 0) is 36.2 Å². The van der Waals surface area contributed by atoms with Gasteiger partial charge in [0.1, 0.15) is 10.7 Å². The van der Waals surface area contributed by atoms with Crippen molar-refractivity contribution in [1.82, 2.24) is 14.3 Å². The third-order valence-corrected chi connectivity index (χ3v) is 6.82. The molecule has 7 nitrogen and oxygen atoms in total. The van der Waals surface area contributed by atoms with E-state index in [-0.39, 0.29) is 17.3 Å². The number of rotatable bonds is 7. The molecule has 0 fully saturated rings. The van der Waals surface area contributed by atoms with Gasteiger partial charge in [0.25, 0.3) is 0 Å². The quantitative estimate of drug-likeness (QED) is 0.617. The molecule has 0 saturated heterocycles. The maximum absolute atomic E-state index is 13.7. The van der Waals surface area contributed by atoms with Crippen LogP contribution in [0.4, 0.5) is 9.52 Å². The Hall–Kier alpha value is -2.69. The maximum atomic E-state index is 13.7. The highest BCUT2D eigenvalue weighted by atomic mass is 32.2. The molecule has 0 aliphatic heterocycles. The first-order valence-corrected chi connectivity index (χ1v) is 10.9. The molecule has 0 unspecified atom stereocenters. The van der Waals surface area contributed by atoms with E-state index in [1.54, 1.807) is 19.2 Å². The van der Waals surface area contributed by atoms with Crippen LogP contribution in [0, 0.1) is 12.7 Å². The van der Waals surface area contributed by atoms with Gasteiger partial charge < -0.3 is 5.32 Å². The number of halogens is 1. The second kappa shape index (κ2) is 8.76. The molecular formula is C19H19FN4O3S2. The van der Waals surface area contributed by atoms with Crippen molar-refractivity contribution in [3.63, 3.8) is 0 Å². The zero-order valence-electron chi connectivity index (χ0n) is 15.8. The molecule has 0 bridgehead atoms. The fraction of sp³-hybridized carbons (Fsp3) is 0.211. The molecule has 0 aliphatic carbocycles. The first-order chi connectivity index (χ1) is 13.8. The summed E-state index contributed by atoms with van der Waals surface area (Å²) < 4.78 is 39.5. The SMILES string of the molecule is Cc1ccc(Cc2cnc(NC(=O)CN(C)S(=O)(=O)c3cccnc3)s2)cc1F. The van der Waals surface area contributed by atoms with Gasteiger partial charge >= 0.3 is 0 Å². The van der Waals surface area contributed by atoms with Crippen LogP contribution in [0.25, 0.3) is 0 Å². The van der Waals surface area contributed by atoms with Crippen LogP contribution in [0.15, 0.2) is 53.8 Å². The van der Waals surface area contributed by atoms with Gasteiger partial charge in [-0.1, -0.05) is 12.1 Å². The number of thiazole rings is 1. The van der Waals surface area contributed by atoms with Crippen molar-refractivity contribution >= 4 is 32.4 Å². The molecule has 1 N–H and O–H groups in total. The normalized spacial score (nSPS) is 11.6. The van der Waals surface area contributed by atoms with Crippen molar-refractivity contribution < 1.29 is 17.6 Å². The molecule has 2 aromatic heterocycles. The number of hydrogen-bond donors (Lipinski definition) is 1. The third-order valence-electron chi connectivity index (χ3n) is 4.12. The van der Waals surface area contributed by atoms with E-state index >= 15 is 0 Å². The minimum absolute atomic E-state index is 0.0113. The second-order valence-corrected chi connectivity index (χ2v) is 9.55. The van der Waals surface area contributed by atoms with Gasteiger partial charge in [-0.15, -0.1) is 11.3 Å². The van der Waals surface area contributed by atoms with E-state index in [0.717, 1.165) is 14.7 Å². The largest absolute Gasteiger partial charge is 0.301 e. The molecule has 152 valence electrons. The van der Waals surface area contributed by atoms with Crippen molar-refractivity contribution in [2.45, 2.75) is 18.2 Å². The lowest BCUT2D eigenvalue weighted by Crippen LogP contribution is -2.35. The lowest BCUT2D eigenvalue weighted by atomic mass is 10.1. The van der Waals surface area contributed by atoms with Gasteiger partial charge in [0, 0.05) is 36.9 Å². The summed E-state index contributed by atoms with van der Waals surface area (Å²) >= 11 is 1.25. The van der Waals surface area contributed by atoms with E-state index in [1.165, 1.54) is 49.0 Å². The first kappa shape index (κ1) is 21.0. The summed E-state index contributed by atoms with van der Waals surface area (Å²) in [6.45, 7) is 1.33. The summed E-state index contributed by atoms with van der Waals surface area (Å²) in [4.78, 5) is 21.0.